The highest BCUT2D eigenvalue weighted by Gasteiger charge is 2.12. The van der Waals surface area contributed by atoms with Crippen molar-refractivity contribution in [1.82, 2.24) is 14.6 Å². The lowest BCUT2D eigenvalue weighted by molar-refractivity contribution is 0.818. The van der Waals surface area contributed by atoms with Gasteiger partial charge in [-0.25, -0.2) is 0 Å². The molecule has 1 N–H and O–H groups in total. The van der Waals surface area contributed by atoms with E-state index in [1.165, 1.54) is 16.2 Å². The zero-order chi connectivity index (χ0) is 8.72. The summed E-state index contributed by atoms with van der Waals surface area (Å²) in [5.74, 6) is 0.471. The second-order valence-electron chi connectivity index (χ2n) is 3.24. The Morgan fingerprint density at radius 1 is 1.42 bits per heavy atom. The van der Waals surface area contributed by atoms with E-state index >= 15 is 0 Å². The lowest BCUT2D eigenvalue weighted by atomic mass is 10.1. The van der Waals surface area contributed by atoms with Crippen molar-refractivity contribution in [3.05, 3.63) is 11.4 Å². The van der Waals surface area contributed by atoms with E-state index in [1.54, 1.807) is 0 Å². The van der Waals surface area contributed by atoms with Gasteiger partial charge in [0.2, 0.25) is 0 Å². The Hall–Kier alpha value is -0.900. The molecule has 0 saturated carbocycles. The first-order chi connectivity index (χ1) is 5.70. The number of hydrogen-bond acceptors (Lipinski definition) is 3. The third-order valence-electron chi connectivity index (χ3n) is 1.93. The first kappa shape index (κ1) is 7.73. The summed E-state index contributed by atoms with van der Waals surface area (Å²) in [6, 6.07) is 0. The number of nitrogens with one attached hydrogen (secondary N) is 1. The van der Waals surface area contributed by atoms with Gasteiger partial charge in [-0.1, -0.05) is 13.8 Å². The number of nitrogens with zero attached hydrogens (tertiary/aromatic N) is 2. The summed E-state index contributed by atoms with van der Waals surface area (Å²) in [6.45, 7) is 6.29. The minimum atomic E-state index is 0.471. The molecule has 64 valence electrons. The van der Waals surface area contributed by atoms with E-state index in [-0.39, 0.29) is 0 Å². The quantitative estimate of drug-likeness (QED) is 0.734. The summed E-state index contributed by atoms with van der Waals surface area (Å²) in [5, 5.41) is 7.28. The van der Waals surface area contributed by atoms with Crippen molar-refractivity contribution in [2.24, 2.45) is 0 Å². The number of aryl methyl sites for hydroxylation is 1. The molecule has 0 aliphatic heterocycles. The minimum Gasteiger partial charge on any atom is -0.275 e. The molecule has 0 bridgehead atoms. The molecular weight excluding hydrogens is 170 g/mol. The molecule has 2 aromatic rings. The molecule has 0 aliphatic carbocycles. The Balaban J connectivity index is 2.71. The van der Waals surface area contributed by atoms with Crippen LogP contribution in [0.3, 0.4) is 0 Å². The van der Waals surface area contributed by atoms with Gasteiger partial charge in [0.25, 0.3) is 0 Å². The Kier molecular flexibility index (Phi) is 1.65. The van der Waals surface area contributed by atoms with Gasteiger partial charge >= 0.3 is 0 Å². The first-order valence-corrected chi connectivity index (χ1v) is 4.77. The second kappa shape index (κ2) is 2.55. The van der Waals surface area contributed by atoms with Crippen LogP contribution in [0.25, 0.3) is 10.2 Å². The molecule has 0 saturated heterocycles. The fourth-order valence-electron chi connectivity index (χ4n) is 1.23. The smallest absolute Gasteiger partial charge is 0.0991 e. The molecule has 0 aromatic carbocycles. The Labute approximate surface area is 75.0 Å². The van der Waals surface area contributed by atoms with Crippen LogP contribution in [0.1, 0.15) is 31.2 Å². The van der Waals surface area contributed by atoms with E-state index in [0.717, 1.165) is 16.9 Å². The van der Waals surface area contributed by atoms with Crippen molar-refractivity contribution >= 4 is 21.7 Å². The van der Waals surface area contributed by atoms with E-state index in [1.807, 2.05) is 6.92 Å². The van der Waals surface area contributed by atoms with Crippen molar-refractivity contribution in [2.75, 3.05) is 0 Å². The van der Waals surface area contributed by atoms with E-state index in [9.17, 15) is 0 Å². The summed E-state index contributed by atoms with van der Waals surface area (Å²) in [6.07, 6.45) is 0. The maximum Gasteiger partial charge on any atom is 0.0991 e. The Morgan fingerprint density at radius 2 is 2.17 bits per heavy atom. The molecule has 0 aliphatic rings. The van der Waals surface area contributed by atoms with Crippen LogP contribution >= 0.6 is 11.5 Å². The highest BCUT2D eigenvalue weighted by Crippen LogP contribution is 2.27. The first-order valence-electron chi connectivity index (χ1n) is 4.00. The summed E-state index contributed by atoms with van der Waals surface area (Å²) in [4.78, 5) is 0. The van der Waals surface area contributed by atoms with Gasteiger partial charge in [-0.15, -0.1) is 0 Å². The van der Waals surface area contributed by atoms with Gasteiger partial charge < -0.3 is 0 Å². The van der Waals surface area contributed by atoms with Crippen LogP contribution in [0.2, 0.25) is 0 Å². The molecule has 0 fully saturated rings. The summed E-state index contributed by atoms with van der Waals surface area (Å²) in [7, 11) is 0. The van der Waals surface area contributed by atoms with Gasteiger partial charge in [-0.2, -0.15) is 9.47 Å². The van der Waals surface area contributed by atoms with Crippen LogP contribution in [0.4, 0.5) is 0 Å². The van der Waals surface area contributed by atoms with Crippen LogP contribution in [0.5, 0.6) is 0 Å². The Bertz CT molecular complexity index is 399. The van der Waals surface area contributed by atoms with Crippen LogP contribution in [0.15, 0.2) is 0 Å². The van der Waals surface area contributed by atoms with Crippen LogP contribution in [-0.2, 0) is 0 Å². The van der Waals surface area contributed by atoms with Gasteiger partial charge in [0, 0.05) is 0 Å². The fourth-order valence-corrected chi connectivity index (χ4v) is 2.21. The van der Waals surface area contributed by atoms with E-state index in [4.69, 9.17) is 0 Å². The number of rotatable bonds is 1. The number of fused-ring (bicyclic) bond motifs is 1. The van der Waals surface area contributed by atoms with E-state index < -0.39 is 0 Å². The van der Waals surface area contributed by atoms with Gasteiger partial charge in [0.15, 0.2) is 0 Å². The van der Waals surface area contributed by atoms with Gasteiger partial charge in [0.05, 0.1) is 21.6 Å². The normalized spacial score (nSPS) is 11.7. The average Bonchev–Trinajstić information content (AvgIpc) is 2.53. The number of hydrogen-bond donors (Lipinski definition) is 1. The third kappa shape index (κ3) is 0.948. The number of aromatic amines is 1. The largest absolute Gasteiger partial charge is 0.275 e. The van der Waals surface area contributed by atoms with Crippen molar-refractivity contribution in [2.45, 2.75) is 26.7 Å². The van der Waals surface area contributed by atoms with E-state index in [0.29, 0.717) is 5.92 Å². The highest BCUT2D eigenvalue weighted by atomic mass is 32.1. The molecule has 2 aromatic heterocycles. The molecule has 0 atom stereocenters. The van der Waals surface area contributed by atoms with Crippen molar-refractivity contribution in [1.29, 1.82) is 0 Å². The molecule has 4 heteroatoms. The predicted molar refractivity (Wildman–Crippen MR) is 50.6 cm³/mol. The lowest BCUT2D eigenvalue weighted by Gasteiger charge is -1.95. The standard InChI is InChI=1S/C8H11N3S/c1-4(2)6-8-7(10-9-6)5(3)11-12-8/h4H,1-3H3,(H,9,10). The minimum absolute atomic E-state index is 0.471. The van der Waals surface area contributed by atoms with Gasteiger partial charge in [-0.05, 0) is 24.4 Å². The molecule has 2 rings (SSSR count). The zero-order valence-corrected chi connectivity index (χ0v) is 8.20. The van der Waals surface area contributed by atoms with Gasteiger partial charge in [0.1, 0.15) is 0 Å². The highest BCUT2D eigenvalue weighted by molar-refractivity contribution is 7.13. The van der Waals surface area contributed by atoms with Crippen LogP contribution in [0, 0.1) is 6.92 Å². The van der Waals surface area contributed by atoms with Crippen LogP contribution < -0.4 is 0 Å². The zero-order valence-electron chi connectivity index (χ0n) is 7.38. The maximum absolute atomic E-state index is 4.27. The van der Waals surface area contributed by atoms with Gasteiger partial charge in [-0.3, -0.25) is 5.10 Å². The summed E-state index contributed by atoms with van der Waals surface area (Å²) >= 11 is 1.53. The monoisotopic (exact) mass is 181 g/mol. The molecule has 0 amide bonds. The molecular formula is C8H11N3S. The average molecular weight is 181 g/mol. The molecule has 2 heterocycles. The fraction of sp³-hybridized carbons (Fsp3) is 0.500. The van der Waals surface area contributed by atoms with E-state index in [2.05, 4.69) is 28.4 Å². The maximum atomic E-state index is 4.27. The lowest BCUT2D eigenvalue weighted by Crippen LogP contribution is -1.86. The molecule has 12 heavy (non-hydrogen) atoms. The SMILES string of the molecule is Cc1nsc2c(C(C)C)n[nH]c12. The number of aromatic nitrogens is 3. The number of H-pyrrole nitrogens is 1. The molecule has 0 spiro atoms. The topological polar surface area (TPSA) is 41.6 Å². The molecule has 3 nitrogen and oxygen atoms in total. The van der Waals surface area contributed by atoms with Crippen molar-refractivity contribution in [3.8, 4) is 0 Å². The Morgan fingerprint density at radius 3 is 2.83 bits per heavy atom. The second-order valence-corrected chi connectivity index (χ2v) is 4.01. The van der Waals surface area contributed by atoms with Crippen LogP contribution in [-0.4, -0.2) is 14.6 Å². The van der Waals surface area contributed by atoms with Crippen molar-refractivity contribution in [3.63, 3.8) is 0 Å². The molecule has 0 unspecified atom stereocenters. The predicted octanol–water partition coefficient (Wildman–Crippen LogP) is 2.45. The van der Waals surface area contributed by atoms with Crippen molar-refractivity contribution < 1.29 is 0 Å². The summed E-state index contributed by atoms with van der Waals surface area (Å²) < 4.78 is 5.48. The third-order valence-corrected chi connectivity index (χ3v) is 2.89. The summed E-state index contributed by atoms with van der Waals surface area (Å²) in [5.41, 5.74) is 3.29. The molecule has 0 radical (unpaired) electrons.